The zero-order valence-electron chi connectivity index (χ0n) is 15.7. The SMILES string of the molecule is CCOc1cc2c(cc1NC(=O)COc1ccc(C(C)=O)cc1)OC(C)C2. The van der Waals surface area contributed by atoms with Gasteiger partial charge >= 0.3 is 0 Å². The molecular weight excluding hydrogens is 346 g/mol. The van der Waals surface area contributed by atoms with E-state index >= 15 is 0 Å². The van der Waals surface area contributed by atoms with Gasteiger partial charge in [-0.15, -0.1) is 0 Å². The Kier molecular flexibility index (Phi) is 5.64. The van der Waals surface area contributed by atoms with E-state index in [4.69, 9.17) is 14.2 Å². The van der Waals surface area contributed by atoms with Gasteiger partial charge < -0.3 is 19.5 Å². The monoisotopic (exact) mass is 369 g/mol. The summed E-state index contributed by atoms with van der Waals surface area (Å²) in [5.74, 6) is 1.58. The predicted octanol–water partition coefficient (Wildman–Crippen LogP) is 3.63. The van der Waals surface area contributed by atoms with Crippen LogP contribution in [0.2, 0.25) is 0 Å². The molecule has 142 valence electrons. The molecule has 1 unspecified atom stereocenters. The highest BCUT2D eigenvalue weighted by atomic mass is 16.5. The van der Waals surface area contributed by atoms with Crippen LogP contribution >= 0.6 is 0 Å². The normalized spacial score (nSPS) is 14.9. The number of hydrogen-bond donors (Lipinski definition) is 1. The van der Waals surface area contributed by atoms with E-state index in [1.54, 1.807) is 30.3 Å². The molecule has 3 rings (SSSR count). The highest BCUT2D eigenvalue weighted by Crippen LogP contribution is 2.38. The number of carbonyl (C=O) groups excluding carboxylic acids is 2. The molecule has 0 aromatic heterocycles. The molecule has 0 spiro atoms. The molecule has 1 heterocycles. The van der Waals surface area contributed by atoms with Crippen molar-refractivity contribution in [3.63, 3.8) is 0 Å². The fourth-order valence-electron chi connectivity index (χ4n) is 2.93. The van der Waals surface area contributed by atoms with Crippen LogP contribution in [0.4, 0.5) is 5.69 Å². The topological polar surface area (TPSA) is 73.9 Å². The van der Waals surface area contributed by atoms with Crippen LogP contribution in [0.5, 0.6) is 17.2 Å². The Morgan fingerprint density at radius 3 is 2.59 bits per heavy atom. The summed E-state index contributed by atoms with van der Waals surface area (Å²) in [6.45, 7) is 5.74. The van der Waals surface area contributed by atoms with Crippen LogP contribution in [0.25, 0.3) is 0 Å². The Hall–Kier alpha value is -3.02. The van der Waals surface area contributed by atoms with Gasteiger partial charge in [-0.05, 0) is 51.1 Å². The van der Waals surface area contributed by atoms with Crippen LogP contribution in [0, 0.1) is 0 Å². The van der Waals surface area contributed by atoms with Crippen LogP contribution in [0.15, 0.2) is 36.4 Å². The quantitative estimate of drug-likeness (QED) is 0.755. The molecule has 0 radical (unpaired) electrons. The van der Waals surface area contributed by atoms with E-state index in [1.165, 1.54) is 6.92 Å². The highest BCUT2D eigenvalue weighted by Gasteiger charge is 2.22. The van der Waals surface area contributed by atoms with Gasteiger partial charge in [0.05, 0.1) is 12.3 Å². The van der Waals surface area contributed by atoms with Gasteiger partial charge in [0, 0.05) is 23.6 Å². The smallest absolute Gasteiger partial charge is 0.262 e. The van der Waals surface area contributed by atoms with Crippen LogP contribution in [-0.2, 0) is 11.2 Å². The maximum Gasteiger partial charge on any atom is 0.262 e. The first-order chi connectivity index (χ1) is 13.0. The molecule has 1 aliphatic rings. The maximum absolute atomic E-state index is 12.3. The minimum Gasteiger partial charge on any atom is -0.492 e. The lowest BCUT2D eigenvalue weighted by Gasteiger charge is -2.14. The van der Waals surface area contributed by atoms with Crippen molar-refractivity contribution < 1.29 is 23.8 Å². The Labute approximate surface area is 158 Å². The Balaban J connectivity index is 1.65. The van der Waals surface area contributed by atoms with Gasteiger partial charge in [-0.1, -0.05) is 0 Å². The average molecular weight is 369 g/mol. The van der Waals surface area contributed by atoms with E-state index in [9.17, 15) is 9.59 Å². The van der Waals surface area contributed by atoms with E-state index in [1.807, 2.05) is 19.9 Å². The zero-order valence-corrected chi connectivity index (χ0v) is 15.7. The van der Waals surface area contributed by atoms with Gasteiger partial charge in [0.1, 0.15) is 23.4 Å². The molecule has 1 atom stereocenters. The molecule has 2 aromatic rings. The average Bonchev–Trinajstić information content (AvgIpc) is 2.99. The number of nitrogens with one attached hydrogen (secondary N) is 1. The number of anilines is 1. The Bertz CT molecular complexity index is 844. The van der Waals surface area contributed by atoms with Crippen LogP contribution in [0.1, 0.15) is 36.7 Å². The number of rotatable bonds is 7. The Morgan fingerprint density at radius 1 is 1.19 bits per heavy atom. The number of ether oxygens (including phenoxy) is 3. The van der Waals surface area contributed by atoms with Gasteiger partial charge in [0.25, 0.3) is 5.91 Å². The third kappa shape index (κ3) is 4.58. The van der Waals surface area contributed by atoms with E-state index in [0.717, 1.165) is 17.7 Å². The van der Waals surface area contributed by atoms with Crippen molar-refractivity contribution in [3.8, 4) is 17.2 Å². The van der Waals surface area contributed by atoms with Crippen molar-refractivity contribution in [3.05, 3.63) is 47.5 Å². The van der Waals surface area contributed by atoms with Crippen LogP contribution in [0.3, 0.4) is 0 Å². The fourth-order valence-corrected chi connectivity index (χ4v) is 2.93. The number of Topliss-reactive ketones (excluding diaryl/α,β-unsaturated/α-hetero) is 1. The number of amides is 1. The van der Waals surface area contributed by atoms with E-state index in [0.29, 0.717) is 29.4 Å². The first kappa shape index (κ1) is 18.8. The summed E-state index contributed by atoms with van der Waals surface area (Å²) in [5.41, 5.74) is 2.23. The highest BCUT2D eigenvalue weighted by molar-refractivity contribution is 5.94. The molecule has 1 amide bonds. The Morgan fingerprint density at radius 2 is 1.93 bits per heavy atom. The van der Waals surface area contributed by atoms with Gasteiger partial charge in [-0.25, -0.2) is 0 Å². The van der Waals surface area contributed by atoms with Crippen molar-refractivity contribution in [1.29, 1.82) is 0 Å². The molecule has 2 aromatic carbocycles. The summed E-state index contributed by atoms with van der Waals surface area (Å²) < 4.78 is 16.9. The lowest BCUT2D eigenvalue weighted by molar-refractivity contribution is -0.118. The molecule has 1 N–H and O–H groups in total. The molecule has 6 nitrogen and oxygen atoms in total. The standard InChI is InChI=1S/C21H23NO5/c1-4-25-20-10-16-9-13(2)27-19(16)11-18(20)22-21(24)12-26-17-7-5-15(6-8-17)14(3)23/h5-8,10-11,13H,4,9,12H2,1-3H3,(H,22,24). The molecule has 6 heteroatoms. The van der Waals surface area contributed by atoms with E-state index in [2.05, 4.69) is 5.32 Å². The van der Waals surface area contributed by atoms with Crippen molar-refractivity contribution in [1.82, 2.24) is 0 Å². The van der Waals surface area contributed by atoms with Crippen LogP contribution in [-0.4, -0.2) is 31.0 Å². The minimum absolute atomic E-state index is 0.0177. The summed E-state index contributed by atoms with van der Waals surface area (Å²) >= 11 is 0. The van der Waals surface area contributed by atoms with Gasteiger partial charge in [0.2, 0.25) is 0 Å². The van der Waals surface area contributed by atoms with Crippen molar-refractivity contribution in [2.24, 2.45) is 0 Å². The van der Waals surface area contributed by atoms with Crippen molar-refractivity contribution >= 4 is 17.4 Å². The fraction of sp³-hybridized carbons (Fsp3) is 0.333. The second kappa shape index (κ2) is 8.12. The second-order valence-electron chi connectivity index (χ2n) is 6.44. The maximum atomic E-state index is 12.3. The lowest BCUT2D eigenvalue weighted by Crippen LogP contribution is -2.20. The summed E-state index contributed by atoms with van der Waals surface area (Å²) in [5, 5.41) is 2.82. The summed E-state index contributed by atoms with van der Waals surface area (Å²) in [6, 6.07) is 10.4. The van der Waals surface area contributed by atoms with Gasteiger partial charge in [-0.3, -0.25) is 9.59 Å². The number of fused-ring (bicyclic) bond motifs is 1. The summed E-state index contributed by atoms with van der Waals surface area (Å²) in [6.07, 6.45) is 0.935. The molecule has 27 heavy (non-hydrogen) atoms. The molecule has 1 aliphatic heterocycles. The number of ketones is 1. The third-order valence-corrected chi connectivity index (χ3v) is 4.20. The van der Waals surface area contributed by atoms with Crippen LogP contribution < -0.4 is 19.5 Å². The molecule has 0 bridgehead atoms. The third-order valence-electron chi connectivity index (χ3n) is 4.20. The first-order valence-corrected chi connectivity index (χ1v) is 8.96. The zero-order chi connectivity index (χ0) is 19.4. The molecule has 0 fully saturated rings. The number of benzene rings is 2. The number of carbonyl (C=O) groups is 2. The lowest BCUT2D eigenvalue weighted by atomic mass is 10.1. The van der Waals surface area contributed by atoms with Crippen molar-refractivity contribution in [2.45, 2.75) is 33.3 Å². The van der Waals surface area contributed by atoms with E-state index < -0.39 is 0 Å². The van der Waals surface area contributed by atoms with Crippen molar-refractivity contribution in [2.75, 3.05) is 18.5 Å². The number of hydrogen-bond acceptors (Lipinski definition) is 5. The molecule has 0 saturated heterocycles. The summed E-state index contributed by atoms with van der Waals surface area (Å²) in [7, 11) is 0. The molecule has 0 aliphatic carbocycles. The minimum atomic E-state index is -0.308. The predicted molar refractivity (Wildman–Crippen MR) is 102 cm³/mol. The van der Waals surface area contributed by atoms with Gasteiger partial charge in [0.15, 0.2) is 12.4 Å². The molecular formula is C21H23NO5. The second-order valence-corrected chi connectivity index (χ2v) is 6.44. The first-order valence-electron chi connectivity index (χ1n) is 8.96. The summed E-state index contributed by atoms with van der Waals surface area (Å²) in [4.78, 5) is 23.6. The van der Waals surface area contributed by atoms with E-state index in [-0.39, 0.29) is 24.4 Å². The largest absolute Gasteiger partial charge is 0.492 e. The molecule has 0 saturated carbocycles. The van der Waals surface area contributed by atoms with Gasteiger partial charge in [-0.2, -0.15) is 0 Å².